The lowest BCUT2D eigenvalue weighted by atomic mass is 10.3. The van der Waals surface area contributed by atoms with Crippen molar-refractivity contribution in [1.29, 1.82) is 0 Å². The minimum Gasteiger partial charge on any atom is -0.486 e. The molecule has 2 atom stereocenters. The molecule has 0 aliphatic carbocycles. The van der Waals surface area contributed by atoms with Gasteiger partial charge in [-0.3, -0.25) is 4.99 Å². The first-order valence-electron chi connectivity index (χ1n) is 8.74. The second-order valence-corrected chi connectivity index (χ2v) is 5.95. The molecule has 2 unspecified atom stereocenters. The Balaban J connectivity index is 0.00000338. The quantitative estimate of drug-likeness (QED) is 0.246. The zero-order valence-electron chi connectivity index (χ0n) is 15.4. The molecule has 1 aliphatic rings. The fraction of sp³-hybridized carbons (Fsp3) is 0.611. The summed E-state index contributed by atoms with van der Waals surface area (Å²) in [5, 5.41) is 6.39. The second-order valence-electron chi connectivity index (χ2n) is 5.95. The molecule has 8 heteroatoms. The molecular weight excluding hydrogens is 452 g/mol. The number of guanidine groups is 1. The number of benzene rings is 1. The first kappa shape index (κ1) is 22.9. The largest absolute Gasteiger partial charge is 0.486 e. The summed E-state index contributed by atoms with van der Waals surface area (Å²) in [5.74, 6) is 0.588. The number of halogens is 2. The van der Waals surface area contributed by atoms with E-state index >= 15 is 0 Å². The van der Waals surface area contributed by atoms with E-state index in [-0.39, 0.29) is 47.8 Å². The molecule has 1 saturated heterocycles. The standard InChI is InChI=1S/C18H28FN3O3.HI/c1-14(25-17-7-4-3-6-16(17)19)12-22-18(20-2)21-9-5-10-24-15-8-11-23-13-15;/h3-4,6-7,14-15H,5,8-13H2,1-2H3,(H2,20,21,22);1H. The zero-order valence-corrected chi connectivity index (χ0v) is 17.7. The van der Waals surface area contributed by atoms with Crippen LogP contribution in [0.15, 0.2) is 29.3 Å². The van der Waals surface area contributed by atoms with Crippen LogP contribution < -0.4 is 15.4 Å². The molecule has 26 heavy (non-hydrogen) atoms. The minimum atomic E-state index is -0.357. The van der Waals surface area contributed by atoms with Gasteiger partial charge in [0.05, 0.1) is 19.3 Å². The predicted octanol–water partition coefficient (Wildman–Crippen LogP) is 2.57. The Morgan fingerprint density at radius 2 is 2.19 bits per heavy atom. The van der Waals surface area contributed by atoms with Crippen molar-refractivity contribution >= 4 is 29.9 Å². The lowest BCUT2D eigenvalue weighted by Gasteiger charge is -2.18. The van der Waals surface area contributed by atoms with Gasteiger partial charge in [-0.15, -0.1) is 24.0 Å². The molecule has 0 radical (unpaired) electrons. The Labute approximate surface area is 171 Å². The van der Waals surface area contributed by atoms with Crippen molar-refractivity contribution < 1.29 is 18.6 Å². The summed E-state index contributed by atoms with van der Waals surface area (Å²) < 4.78 is 30.1. The molecule has 1 aromatic carbocycles. The summed E-state index contributed by atoms with van der Waals surface area (Å²) in [5.41, 5.74) is 0. The van der Waals surface area contributed by atoms with Crippen LogP contribution in [0.4, 0.5) is 4.39 Å². The second kappa shape index (κ2) is 13.1. The van der Waals surface area contributed by atoms with E-state index in [2.05, 4.69) is 15.6 Å². The molecule has 0 aromatic heterocycles. The van der Waals surface area contributed by atoms with Gasteiger partial charge in [0.2, 0.25) is 0 Å². The topological polar surface area (TPSA) is 64.1 Å². The summed E-state index contributed by atoms with van der Waals surface area (Å²) in [6.07, 6.45) is 1.92. The Morgan fingerprint density at radius 1 is 1.38 bits per heavy atom. The van der Waals surface area contributed by atoms with Gasteiger partial charge in [0.1, 0.15) is 6.10 Å². The van der Waals surface area contributed by atoms with Gasteiger partial charge in [-0.2, -0.15) is 0 Å². The van der Waals surface area contributed by atoms with E-state index in [1.54, 1.807) is 25.2 Å². The van der Waals surface area contributed by atoms with Crippen LogP contribution in [-0.2, 0) is 9.47 Å². The highest BCUT2D eigenvalue weighted by atomic mass is 127. The van der Waals surface area contributed by atoms with Crippen LogP contribution >= 0.6 is 24.0 Å². The van der Waals surface area contributed by atoms with Crippen LogP contribution in [-0.4, -0.2) is 58.1 Å². The third-order valence-corrected chi connectivity index (χ3v) is 3.80. The zero-order chi connectivity index (χ0) is 17.9. The average molecular weight is 481 g/mol. The molecule has 0 amide bonds. The Hall–Kier alpha value is -1.13. The number of hydrogen-bond acceptors (Lipinski definition) is 4. The predicted molar refractivity (Wildman–Crippen MR) is 111 cm³/mol. The summed E-state index contributed by atoms with van der Waals surface area (Å²) >= 11 is 0. The first-order valence-corrected chi connectivity index (χ1v) is 8.74. The van der Waals surface area contributed by atoms with E-state index in [1.165, 1.54) is 6.07 Å². The van der Waals surface area contributed by atoms with Crippen molar-refractivity contribution in [3.05, 3.63) is 30.1 Å². The van der Waals surface area contributed by atoms with Crippen LogP contribution in [0, 0.1) is 5.82 Å². The van der Waals surface area contributed by atoms with E-state index in [0.717, 1.165) is 26.0 Å². The number of rotatable bonds is 9. The summed E-state index contributed by atoms with van der Waals surface area (Å²) in [7, 11) is 1.71. The molecule has 148 valence electrons. The maximum absolute atomic E-state index is 13.6. The Bertz CT molecular complexity index is 542. The first-order chi connectivity index (χ1) is 12.2. The number of aliphatic imine (C=N–C) groups is 1. The maximum atomic E-state index is 13.6. The van der Waals surface area contributed by atoms with E-state index in [4.69, 9.17) is 14.2 Å². The molecule has 2 rings (SSSR count). The van der Waals surface area contributed by atoms with Gasteiger partial charge in [-0.1, -0.05) is 12.1 Å². The van der Waals surface area contributed by atoms with Gasteiger partial charge in [-0.05, 0) is 31.9 Å². The van der Waals surface area contributed by atoms with E-state index in [0.29, 0.717) is 25.7 Å². The lowest BCUT2D eigenvalue weighted by molar-refractivity contribution is 0.0420. The van der Waals surface area contributed by atoms with Crippen molar-refractivity contribution in [3.8, 4) is 5.75 Å². The van der Waals surface area contributed by atoms with Crippen molar-refractivity contribution in [1.82, 2.24) is 10.6 Å². The van der Waals surface area contributed by atoms with Crippen LogP contribution in [0.25, 0.3) is 0 Å². The molecular formula is C18H29FIN3O3. The number of hydrogen-bond donors (Lipinski definition) is 2. The molecule has 1 heterocycles. The smallest absolute Gasteiger partial charge is 0.191 e. The summed E-state index contributed by atoms with van der Waals surface area (Å²) in [4.78, 5) is 4.16. The molecule has 0 spiro atoms. The SMILES string of the molecule is CN=C(NCCCOC1CCOC1)NCC(C)Oc1ccccc1F.I. The number of nitrogens with one attached hydrogen (secondary N) is 2. The molecule has 0 saturated carbocycles. The highest BCUT2D eigenvalue weighted by Crippen LogP contribution is 2.16. The van der Waals surface area contributed by atoms with Crippen molar-refractivity contribution in [2.75, 3.05) is 40.0 Å². The van der Waals surface area contributed by atoms with Crippen molar-refractivity contribution in [2.24, 2.45) is 4.99 Å². The van der Waals surface area contributed by atoms with E-state index in [1.807, 2.05) is 6.92 Å². The molecule has 1 aromatic rings. The number of para-hydroxylation sites is 1. The monoisotopic (exact) mass is 481 g/mol. The Kier molecular flexibility index (Phi) is 11.5. The van der Waals surface area contributed by atoms with Crippen LogP contribution in [0.3, 0.4) is 0 Å². The maximum Gasteiger partial charge on any atom is 0.191 e. The van der Waals surface area contributed by atoms with Crippen LogP contribution in [0.5, 0.6) is 5.75 Å². The molecule has 1 fully saturated rings. The molecule has 1 aliphatic heterocycles. The lowest BCUT2D eigenvalue weighted by Crippen LogP contribution is -2.42. The normalized spacial score (nSPS) is 18.1. The van der Waals surface area contributed by atoms with Gasteiger partial charge in [0.15, 0.2) is 17.5 Å². The molecule has 0 bridgehead atoms. The van der Waals surface area contributed by atoms with Gasteiger partial charge in [0.25, 0.3) is 0 Å². The highest BCUT2D eigenvalue weighted by Gasteiger charge is 2.15. The van der Waals surface area contributed by atoms with Gasteiger partial charge >= 0.3 is 0 Å². The van der Waals surface area contributed by atoms with Crippen LogP contribution in [0.1, 0.15) is 19.8 Å². The summed E-state index contributed by atoms with van der Waals surface area (Å²) in [6, 6.07) is 6.39. The highest BCUT2D eigenvalue weighted by molar-refractivity contribution is 14.0. The molecule has 2 N–H and O–H groups in total. The number of nitrogens with zero attached hydrogens (tertiary/aromatic N) is 1. The fourth-order valence-corrected chi connectivity index (χ4v) is 2.43. The summed E-state index contributed by atoms with van der Waals surface area (Å²) in [6.45, 7) is 5.36. The molecule has 6 nitrogen and oxygen atoms in total. The van der Waals surface area contributed by atoms with Crippen molar-refractivity contribution in [3.63, 3.8) is 0 Å². The van der Waals surface area contributed by atoms with Gasteiger partial charge in [-0.25, -0.2) is 4.39 Å². The third kappa shape index (κ3) is 8.50. The van der Waals surface area contributed by atoms with Gasteiger partial charge < -0.3 is 24.8 Å². The Morgan fingerprint density at radius 3 is 2.88 bits per heavy atom. The van der Waals surface area contributed by atoms with E-state index in [9.17, 15) is 4.39 Å². The van der Waals surface area contributed by atoms with E-state index < -0.39 is 0 Å². The van der Waals surface area contributed by atoms with Crippen LogP contribution in [0.2, 0.25) is 0 Å². The number of ether oxygens (including phenoxy) is 3. The minimum absolute atomic E-state index is 0. The third-order valence-electron chi connectivity index (χ3n) is 3.80. The van der Waals surface area contributed by atoms with Gasteiger partial charge in [0, 0.05) is 26.8 Å². The van der Waals surface area contributed by atoms with Crippen molar-refractivity contribution in [2.45, 2.75) is 32.0 Å². The average Bonchev–Trinajstić information content (AvgIpc) is 3.13. The fourth-order valence-electron chi connectivity index (χ4n) is 2.43.